The second-order valence-electron chi connectivity index (χ2n) is 7.24. The summed E-state index contributed by atoms with van der Waals surface area (Å²) < 4.78 is 0. The number of benzene rings is 3. The van der Waals surface area contributed by atoms with Crippen LogP contribution in [0.3, 0.4) is 0 Å². The zero-order chi connectivity index (χ0) is 17.7. The minimum Gasteiger partial charge on any atom is -0.352 e. The molecule has 5 rings (SSSR count). The molecule has 2 heterocycles. The van der Waals surface area contributed by atoms with E-state index in [2.05, 4.69) is 109 Å². The van der Waals surface area contributed by atoms with Crippen LogP contribution < -0.4 is 4.90 Å². The van der Waals surface area contributed by atoms with Gasteiger partial charge in [0.2, 0.25) is 0 Å². The van der Waals surface area contributed by atoms with Crippen molar-refractivity contribution in [1.82, 2.24) is 4.90 Å². The van der Waals surface area contributed by atoms with Gasteiger partial charge in [-0.15, -0.1) is 0 Å². The van der Waals surface area contributed by atoms with Gasteiger partial charge in [0.15, 0.2) is 0 Å². The molecule has 0 aliphatic carbocycles. The van der Waals surface area contributed by atoms with Crippen LogP contribution in [0.15, 0.2) is 85.1 Å². The van der Waals surface area contributed by atoms with Crippen molar-refractivity contribution in [2.75, 3.05) is 11.9 Å². The summed E-state index contributed by atoms with van der Waals surface area (Å²) >= 11 is 0. The van der Waals surface area contributed by atoms with Crippen molar-refractivity contribution in [2.45, 2.75) is 19.0 Å². The second-order valence-corrected chi connectivity index (χ2v) is 7.24. The van der Waals surface area contributed by atoms with Gasteiger partial charge in [-0.2, -0.15) is 0 Å². The van der Waals surface area contributed by atoms with E-state index >= 15 is 0 Å². The quantitative estimate of drug-likeness (QED) is 0.605. The molecule has 26 heavy (non-hydrogen) atoms. The molecule has 3 aromatic rings. The van der Waals surface area contributed by atoms with Crippen LogP contribution in [0.5, 0.6) is 0 Å². The molecule has 0 radical (unpaired) electrons. The lowest BCUT2D eigenvalue weighted by Gasteiger charge is -2.29. The molecule has 2 aliphatic rings. The molecule has 3 aromatic carbocycles. The van der Waals surface area contributed by atoms with Crippen molar-refractivity contribution >= 4 is 11.4 Å². The summed E-state index contributed by atoms with van der Waals surface area (Å²) in [7, 11) is 2.21. The molecule has 0 aromatic heterocycles. The fourth-order valence-corrected chi connectivity index (χ4v) is 4.43. The highest BCUT2D eigenvalue weighted by molar-refractivity contribution is 5.79. The Labute approximate surface area is 155 Å². The Kier molecular flexibility index (Phi) is 3.39. The first-order chi connectivity index (χ1) is 12.7. The number of hydrogen-bond acceptors (Lipinski definition) is 2. The van der Waals surface area contributed by atoms with Gasteiger partial charge in [0.25, 0.3) is 0 Å². The zero-order valence-electron chi connectivity index (χ0n) is 15.1. The van der Waals surface area contributed by atoms with Crippen molar-refractivity contribution in [3.8, 4) is 11.1 Å². The molecule has 2 nitrogen and oxygen atoms in total. The zero-order valence-corrected chi connectivity index (χ0v) is 15.1. The van der Waals surface area contributed by atoms with Crippen LogP contribution >= 0.6 is 0 Å². The van der Waals surface area contributed by atoms with Crippen LogP contribution in [0.1, 0.15) is 24.0 Å². The molecule has 2 unspecified atom stereocenters. The Morgan fingerprint density at radius 2 is 1.38 bits per heavy atom. The van der Waals surface area contributed by atoms with Gasteiger partial charge >= 0.3 is 0 Å². The van der Waals surface area contributed by atoms with E-state index < -0.39 is 0 Å². The molecule has 0 saturated carbocycles. The standard InChI is InChI=1S/C24H22N2/c1-17-21-15-20(18-9-5-3-6-10-18)13-14-22(21)26-16-23(25(2)24(17)26)19-11-7-4-8-12-19/h3-17,24H,1-2H3. The number of fused-ring (bicyclic) bond motifs is 3. The van der Waals surface area contributed by atoms with Gasteiger partial charge < -0.3 is 9.80 Å². The van der Waals surface area contributed by atoms with Crippen LogP contribution in [-0.2, 0) is 0 Å². The van der Waals surface area contributed by atoms with E-state index in [1.807, 2.05) is 0 Å². The number of likely N-dealkylation sites (N-methyl/N-ethyl adjacent to an activating group) is 1. The first-order valence-electron chi connectivity index (χ1n) is 9.22. The van der Waals surface area contributed by atoms with Crippen LogP contribution in [0.2, 0.25) is 0 Å². The fraction of sp³-hybridized carbons (Fsp3) is 0.167. The molecular formula is C24H22N2. The van der Waals surface area contributed by atoms with E-state index in [4.69, 9.17) is 0 Å². The highest BCUT2D eigenvalue weighted by atomic mass is 15.4. The van der Waals surface area contributed by atoms with Crippen LogP contribution in [0, 0.1) is 0 Å². The molecule has 0 spiro atoms. The minimum absolute atomic E-state index is 0.353. The summed E-state index contributed by atoms with van der Waals surface area (Å²) in [6, 6.07) is 28.2. The van der Waals surface area contributed by atoms with Crippen molar-refractivity contribution in [3.05, 3.63) is 96.2 Å². The third-order valence-electron chi connectivity index (χ3n) is 5.74. The molecular weight excluding hydrogens is 316 g/mol. The number of anilines is 1. The van der Waals surface area contributed by atoms with Crippen molar-refractivity contribution in [3.63, 3.8) is 0 Å². The summed E-state index contributed by atoms with van der Waals surface area (Å²) in [5.74, 6) is 0.455. The van der Waals surface area contributed by atoms with E-state index in [1.165, 1.54) is 33.6 Å². The SMILES string of the molecule is CC1c2cc(-c3ccccc3)ccc2N2C=C(c3ccccc3)N(C)C12. The minimum atomic E-state index is 0.353. The maximum atomic E-state index is 2.44. The van der Waals surface area contributed by atoms with Crippen LogP contribution in [0.4, 0.5) is 5.69 Å². The fourth-order valence-electron chi connectivity index (χ4n) is 4.43. The van der Waals surface area contributed by atoms with E-state index in [1.54, 1.807) is 0 Å². The van der Waals surface area contributed by atoms with E-state index in [9.17, 15) is 0 Å². The summed E-state index contributed by atoms with van der Waals surface area (Å²) in [6.45, 7) is 2.34. The van der Waals surface area contributed by atoms with E-state index in [0.717, 1.165) is 0 Å². The van der Waals surface area contributed by atoms with Gasteiger partial charge in [-0.1, -0.05) is 73.7 Å². The molecule has 128 valence electrons. The molecule has 2 heteroatoms. The second kappa shape index (κ2) is 5.77. The maximum Gasteiger partial charge on any atom is 0.112 e. The van der Waals surface area contributed by atoms with Crippen molar-refractivity contribution in [2.24, 2.45) is 0 Å². The maximum absolute atomic E-state index is 2.44. The van der Waals surface area contributed by atoms with Gasteiger partial charge in [-0.25, -0.2) is 0 Å². The Morgan fingerprint density at radius 3 is 2.08 bits per heavy atom. The number of rotatable bonds is 2. The highest BCUT2D eigenvalue weighted by Crippen LogP contribution is 2.48. The topological polar surface area (TPSA) is 6.48 Å². The first-order valence-corrected chi connectivity index (χ1v) is 9.22. The number of nitrogens with zero attached hydrogens (tertiary/aromatic N) is 2. The molecule has 0 N–H and O–H groups in total. The molecule has 2 atom stereocenters. The number of hydrogen-bond donors (Lipinski definition) is 0. The molecule has 2 aliphatic heterocycles. The Morgan fingerprint density at radius 1 is 0.731 bits per heavy atom. The molecule has 0 fully saturated rings. The van der Waals surface area contributed by atoms with Crippen molar-refractivity contribution < 1.29 is 0 Å². The first kappa shape index (κ1) is 15.3. The summed E-state index contributed by atoms with van der Waals surface area (Å²) in [4.78, 5) is 4.86. The van der Waals surface area contributed by atoms with Gasteiger partial charge in [-0.05, 0) is 34.4 Å². The lowest BCUT2D eigenvalue weighted by atomic mass is 9.95. The van der Waals surface area contributed by atoms with E-state index in [-0.39, 0.29) is 0 Å². The third-order valence-corrected chi connectivity index (χ3v) is 5.74. The monoisotopic (exact) mass is 338 g/mol. The highest BCUT2D eigenvalue weighted by Gasteiger charge is 2.42. The summed E-state index contributed by atoms with van der Waals surface area (Å²) in [5, 5.41) is 0. The van der Waals surface area contributed by atoms with E-state index in [0.29, 0.717) is 12.1 Å². The van der Waals surface area contributed by atoms with Gasteiger partial charge in [0.05, 0.1) is 5.70 Å². The molecule has 0 bridgehead atoms. The smallest absolute Gasteiger partial charge is 0.112 e. The van der Waals surface area contributed by atoms with Gasteiger partial charge in [0.1, 0.15) is 6.17 Å². The van der Waals surface area contributed by atoms with Gasteiger partial charge in [0, 0.05) is 24.9 Å². The van der Waals surface area contributed by atoms with Crippen LogP contribution in [-0.4, -0.2) is 18.1 Å². The third kappa shape index (κ3) is 2.19. The largest absolute Gasteiger partial charge is 0.352 e. The van der Waals surface area contributed by atoms with Gasteiger partial charge in [-0.3, -0.25) is 0 Å². The molecule has 0 saturated heterocycles. The average molecular weight is 338 g/mol. The Bertz CT molecular complexity index is 976. The lowest BCUT2D eigenvalue weighted by Crippen LogP contribution is -2.36. The lowest BCUT2D eigenvalue weighted by molar-refractivity contribution is 0.347. The Hall–Kier alpha value is -3.00. The predicted molar refractivity (Wildman–Crippen MR) is 109 cm³/mol. The Balaban J connectivity index is 1.57. The normalized spacial score (nSPS) is 20.8. The summed E-state index contributed by atoms with van der Waals surface area (Å²) in [6.07, 6.45) is 2.66. The average Bonchev–Trinajstić information content (AvgIpc) is 3.18. The van der Waals surface area contributed by atoms with Crippen LogP contribution in [0.25, 0.3) is 16.8 Å². The van der Waals surface area contributed by atoms with Crippen molar-refractivity contribution in [1.29, 1.82) is 0 Å². The summed E-state index contributed by atoms with van der Waals surface area (Å²) in [5.41, 5.74) is 7.92. The predicted octanol–water partition coefficient (Wildman–Crippen LogP) is 5.55. The molecule has 0 amide bonds.